The van der Waals surface area contributed by atoms with Gasteiger partial charge < -0.3 is 24.5 Å². The van der Waals surface area contributed by atoms with E-state index in [-0.39, 0.29) is 35.6 Å². The second-order valence-corrected chi connectivity index (χ2v) is 16.5. The summed E-state index contributed by atoms with van der Waals surface area (Å²) in [6, 6.07) is 25.7. The monoisotopic (exact) mass is 803 g/mol. The molecule has 2 amide bonds. The number of piperidine rings is 1. The van der Waals surface area contributed by atoms with Gasteiger partial charge in [-0.2, -0.15) is 0 Å². The topological polar surface area (TPSA) is 128 Å². The fraction of sp³-hybridized carbons (Fsp3) is 0.367. The van der Waals surface area contributed by atoms with Crippen LogP contribution < -0.4 is 0 Å². The Hall–Kier alpha value is -6.07. The van der Waals surface area contributed by atoms with E-state index in [1.807, 2.05) is 70.6 Å². The Labute approximate surface area is 351 Å². The Morgan fingerprint density at radius 2 is 1.42 bits per heavy atom. The molecule has 2 N–H and O–H groups in total. The highest BCUT2D eigenvalue weighted by molar-refractivity contribution is 5.94. The molecule has 5 aromatic rings. The van der Waals surface area contributed by atoms with Crippen LogP contribution in [0.4, 0.5) is 0 Å². The second-order valence-electron chi connectivity index (χ2n) is 16.5. The van der Waals surface area contributed by atoms with Crippen molar-refractivity contribution in [3.05, 3.63) is 132 Å². The van der Waals surface area contributed by atoms with E-state index in [1.54, 1.807) is 0 Å². The molecular weight excluding hydrogens is 751 g/mol. The number of nitrogens with zero attached hydrogens (tertiary/aromatic N) is 5. The molecule has 308 valence electrons. The van der Waals surface area contributed by atoms with Crippen molar-refractivity contribution < 1.29 is 19.1 Å². The minimum Gasteiger partial charge on any atom is -0.464 e. The van der Waals surface area contributed by atoms with Gasteiger partial charge in [-0.05, 0) is 92.3 Å². The third kappa shape index (κ3) is 8.10. The molecule has 3 fully saturated rings. The Morgan fingerprint density at radius 1 is 0.750 bits per heavy atom. The summed E-state index contributed by atoms with van der Waals surface area (Å²) in [4.78, 5) is 63.9. The minimum atomic E-state index is -0.494. The number of methoxy groups -OCH3 is 1. The third-order valence-electron chi connectivity index (χ3n) is 12.7. The van der Waals surface area contributed by atoms with Crippen LogP contribution in [0.3, 0.4) is 0 Å². The lowest BCUT2D eigenvalue weighted by Crippen LogP contribution is -2.51. The number of aromatic nitrogens is 4. The van der Waals surface area contributed by atoms with Gasteiger partial charge in [-0.3, -0.25) is 14.5 Å². The zero-order valence-electron chi connectivity index (χ0n) is 34.3. The number of carbonyl (C=O) groups is 3. The van der Waals surface area contributed by atoms with Gasteiger partial charge in [-0.25, -0.2) is 14.8 Å². The number of benzene rings is 3. The fourth-order valence-corrected chi connectivity index (χ4v) is 9.59. The van der Waals surface area contributed by atoms with Gasteiger partial charge >= 0.3 is 5.97 Å². The molecule has 5 heterocycles. The predicted molar refractivity (Wildman–Crippen MR) is 232 cm³/mol. The summed E-state index contributed by atoms with van der Waals surface area (Å²) in [5.41, 5.74) is 7.78. The van der Waals surface area contributed by atoms with Crippen LogP contribution in [0.5, 0.6) is 0 Å². The van der Waals surface area contributed by atoms with Gasteiger partial charge in [0.1, 0.15) is 23.4 Å². The first kappa shape index (κ1) is 39.4. The summed E-state index contributed by atoms with van der Waals surface area (Å²) < 4.78 is 5.22. The number of rotatable bonds is 11. The van der Waals surface area contributed by atoms with E-state index < -0.39 is 5.97 Å². The molecule has 0 saturated carbocycles. The quantitative estimate of drug-likeness (QED) is 0.128. The fourth-order valence-electron chi connectivity index (χ4n) is 9.59. The summed E-state index contributed by atoms with van der Waals surface area (Å²) in [6.07, 6.45) is 17.4. The molecule has 9 rings (SSSR count). The maximum atomic E-state index is 14.6. The molecule has 0 spiro atoms. The van der Waals surface area contributed by atoms with Crippen molar-refractivity contribution in [2.75, 3.05) is 33.3 Å². The van der Waals surface area contributed by atoms with Crippen LogP contribution in [0.15, 0.2) is 109 Å². The molecule has 1 aliphatic carbocycles. The van der Waals surface area contributed by atoms with Crippen molar-refractivity contribution in [3.8, 4) is 33.6 Å². The number of likely N-dealkylation sites (tertiary alicyclic amines) is 3. The third-order valence-corrected chi connectivity index (χ3v) is 12.7. The zero-order chi connectivity index (χ0) is 41.0. The lowest BCUT2D eigenvalue weighted by Gasteiger charge is -2.38. The standard InChI is InChI=1S/C49H53N7O4/c1-60-49(59)44-43(52-47(53-44)41-18-12-30-56(41)48(58)45(38-15-7-3-8-16-38)54-27-9-4-10-28-54)37-25-21-35(22-26-37)34-19-23-36(24-20-34)39-32-50-46(51-39)40-17-11-29-55(40)42(57)31-33-13-5-2-6-14-33/h2-3,5-7,13-15,19-26,32,40-41,45H,4,8-12,16-18,27-31H2,1H3,(H,50,51)(H,52,53)/t40-,41-,45+/m0/s1. The second kappa shape index (κ2) is 17.6. The van der Waals surface area contributed by atoms with Crippen LogP contribution in [0.25, 0.3) is 33.6 Å². The first-order valence-corrected chi connectivity index (χ1v) is 21.6. The molecule has 11 heteroatoms. The number of allylic oxidation sites excluding steroid dienone is 3. The van der Waals surface area contributed by atoms with Crippen LogP contribution in [-0.4, -0.2) is 91.7 Å². The minimum absolute atomic E-state index is 0.0589. The van der Waals surface area contributed by atoms with E-state index in [1.165, 1.54) is 19.1 Å². The van der Waals surface area contributed by atoms with E-state index in [4.69, 9.17) is 14.7 Å². The van der Waals surface area contributed by atoms with E-state index >= 15 is 0 Å². The highest BCUT2D eigenvalue weighted by Gasteiger charge is 2.40. The number of aromatic amines is 2. The van der Waals surface area contributed by atoms with Gasteiger partial charge in [0.15, 0.2) is 5.69 Å². The molecule has 3 aromatic carbocycles. The van der Waals surface area contributed by atoms with E-state index in [9.17, 15) is 14.4 Å². The largest absolute Gasteiger partial charge is 0.464 e. The number of esters is 1. The first-order valence-electron chi connectivity index (χ1n) is 21.6. The summed E-state index contributed by atoms with van der Waals surface area (Å²) >= 11 is 0. The normalized spacial score (nSPS) is 20.0. The van der Waals surface area contributed by atoms with Crippen molar-refractivity contribution in [2.45, 2.75) is 82.3 Å². The van der Waals surface area contributed by atoms with Crippen LogP contribution in [0, 0.1) is 0 Å². The van der Waals surface area contributed by atoms with Crippen molar-refractivity contribution >= 4 is 17.8 Å². The summed E-state index contributed by atoms with van der Waals surface area (Å²) in [7, 11) is 1.38. The van der Waals surface area contributed by atoms with Gasteiger partial charge in [0, 0.05) is 18.7 Å². The molecule has 3 aliphatic heterocycles. The Morgan fingerprint density at radius 3 is 2.10 bits per heavy atom. The van der Waals surface area contributed by atoms with Gasteiger partial charge in [0.05, 0.1) is 37.5 Å². The molecule has 11 nitrogen and oxygen atoms in total. The van der Waals surface area contributed by atoms with Gasteiger partial charge in [0.25, 0.3) is 0 Å². The molecule has 3 atom stereocenters. The molecule has 60 heavy (non-hydrogen) atoms. The van der Waals surface area contributed by atoms with Crippen LogP contribution in [-0.2, 0) is 20.7 Å². The smallest absolute Gasteiger partial charge is 0.356 e. The SMILES string of the molecule is COC(=O)c1[nH]c([C@@H]2CCCN2C(=O)[C@@H](C2=CC=CCC2)N2CCCCC2)nc1-c1ccc(-c2ccc(-c3cnc([C@@H]4CCCN4C(=O)Cc4ccccc4)[nH]3)cc2)cc1. The number of hydrogen-bond acceptors (Lipinski definition) is 7. The van der Waals surface area contributed by atoms with Crippen molar-refractivity contribution in [2.24, 2.45) is 0 Å². The zero-order valence-corrected chi connectivity index (χ0v) is 34.3. The summed E-state index contributed by atoms with van der Waals surface area (Å²) in [5.74, 6) is 1.20. The number of H-pyrrole nitrogens is 2. The van der Waals surface area contributed by atoms with Crippen molar-refractivity contribution in [1.82, 2.24) is 34.6 Å². The average Bonchev–Trinajstić information content (AvgIpc) is 4.14. The van der Waals surface area contributed by atoms with E-state index in [0.717, 1.165) is 110 Å². The summed E-state index contributed by atoms with van der Waals surface area (Å²) in [6.45, 7) is 3.25. The Kier molecular flexibility index (Phi) is 11.6. The highest BCUT2D eigenvalue weighted by Crippen LogP contribution is 2.37. The van der Waals surface area contributed by atoms with E-state index in [0.29, 0.717) is 24.5 Å². The first-order chi connectivity index (χ1) is 29.4. The molecular formula is C49H53N7O4. The predicted octanol–water partition coefficient (Wildman–Crippen LogP) is 8.62. The van der Waals surface area contributed by atoms with Gasteiger partial charge in [-0.15, -0.1) is 0 Å². The molecule has 3 saturated heterocycles. The van der Waals surface area contributed by atoms with Crippen LogP contribution in [0.1, 0.15) is 97.6 Å². The van der Waals surface area contributed by atoms with Crippen molar-refractivity contribution in [3.63, 3.8) is 0 Å². The maximum Gasteiger partial charge on any atom is 0.356 e. The van der Waals surface area contributed by atoms with Crippen molar-refractivity contribution in [1.29, 1.82) is 0 Å². The number of ether oxygens (including phenoxy) is 1. The number of hydrogen-bond donors (Lipinski definition) is 2. The highest BCUT2D eigenvalue weighted by atomic mass is 16.5. The average molecular weight is 804 g/mol. The molecule has 4 aliphatic rings. The molecule has 0 unspecified atom stereocenters. The lowest BCUT2D eigenvalue weighted by atomic mass is 9.93. The van der Waals surface area contributed by atoms with Crippen LogP contribution >= 0.6 is 0 Å². The maximum absolute atomic E-state index is 14.6. The lowest BCUT2D eigenvalue weighted by molar-refractivity contribution is -0.137. The van der Waals surface area contributed by atoms with Crippen LogP contribution in [0.2, 0.25) is 0 Å². The van der Waals surface area contributed by atoms with Gasteiger partial charge in [0.2, 0.25) is 11.8 Å². The number of imidazole rings is 2. The Balaban J connectivity index is 0.907. The molecule has 0 bridgehead atoms. The number of carbonyl (C=O) groups excluding carboxylic acids is 3. The number of nitrogens with one attached hydrogen (secondary N) is 2. The molecule has 0 radical (unpaired) electrons. The molecule has 2 aromatic heterocycles. The summed E-state index contributed by atoms with van der Waals surface area (Å²) in [5, 5.41) is 0. The Bertz CT molecular complexity index is 2370. The van der Waals surface area contributed by atoms with E-state index in [2.05, 4.69) is 57.4 Å². The van der Waals surface area contributed by atoms with Gasteiger partial charge in [-0.1, -0.05) is 104 Å². The number of amides is 2.